The van der Waals surface area contributed by atoms with Gasteiger partial charge in [-0.25, -0.2) is 9.78 Å². The number of piperidine rings is 1. The van der Waals surface area contributed by atoms with Gasteiger partial charge in [0, 0.05) is 34.8 Å². The van der Waals surface area contributed by atoms with Gasteiger partial charge in [0.15, 0.2) is 0 Å². The predicted molar refractivity (Wildman–Crippen MR) is 193 cm³/mol. The number of carbonyl (C=O) groups excluding carboxylic acids is 1. The third kappa shape index (κ3) is 6.92. The third-order valence-corrected chi connectivity index (χ3v) is 10.5. The third-order valence-electron chi connectivity index (χ3n) is 9.22. The second-order valence-electron chi connectivity index (χ2n) is 13.2. The minimum absolute atomic E-state index is 0.134. The largest absolute Gasteiger partial charge is 0.573 e. The zero-order valence-electron chi connectivity index (χ0n) is 27.4. The molecule has 4 aromatic carbocycles. The Morgan fingerprint density at radius 2 is 1.78 bits per heavy atom. The molecule has 1 spiro atoms. The first-order valence-electron chi connectivity index (χ1n) is 16.3. The first-order valence-corrected chi connectivity index (χ1v) is 17.5. The molecule has 0 saturated carbocycles. The number of carbonyl (C=O) groups is 1. The van der Waals surface area contributed by atoms with E-state index in [0.29, 0.717) is 34.5 Å². The maximum absolute atomic E-state index is 13.2. The van der Waals surface area contributed by atoms with Crippen molar-refractivity contribution in [2.24, 2.45) is 5.92 Å². The van der Waals surface area contributed by atoms with Gasteiger partial charge in [-0.15, -0.1) is 24.5 Å². The van der Waals surface area contributed by atoms with Crippen molar-refractivity contribution in [3.05, 3.63) is 89.4 Å². The molecule has 1 saturated heterocycles. The summed E-state index contributed by atoms with van der Waals surface area (Å²) in [5.41, 5.74) is 4.70. The Morgan fingerprint density at radius 3 is 2.50 bits per heavy atom. The molecule has 0 bridgehead atoms. The Balaban J connectivity index is 1.24. The highest BCUT2D eigenvalue weighted by Crippen LogP contribution is 2.57. The number of amides is 2. The van der Waals surface area contributed by atoms with Crippen molar-refractivity contribution in [1.29, 1.82) is 0 Å². The van der Waals surface area contributed by atoms with Crippen LogP contribution in [0, 0.1) is 5.92 Å². The van der Waals surface area contributed by atoms with Crippen molar-refractivity contribution in [3.8, 4) is 22.1 Å². The normalized spacial score (nSPS) is 15.9. The fourth-order valence-corrected chi connectivity index (χ4v) is 8.32. The van der Waals surface area contributed by atoms with Gasteiger partial charge in [-0.2, -0.15) is 0 Å². The number of nitrogens with zero attached hydrogens (tertiary/aromatic N) is 3. The fraction of sp³-hybridized carbons (Fsp3) is 0.297. The highest BCUT2D eigenvalue weighted by molar-refractivity contribution is 7.21. The number of phenols is 1. The lowest BCUT2D eigenvalue weighted by Crippen LogP contribution is -2.45. The van der Waals surface area contributed by atoms with Gasteiger partial charge >= 0.3 is 12.4 Å². The van der Waals surface area contributed by atoms with Crippen LogP contribution in [0.1, 0.15) is 32.3 Å². The Bertz CT molecular complexity index is 2050. The molecule has 1 aromatic heterocycles. The van der Waals surface area contributed by atoms with Crippen LogP contribution in [0.25, 0.3) is 20.8 Å². The van der Waals surface area contributed by atoms with Crippen LogP contribution in [0.15, 0.2) is 78.9 Å². The lowest BCUT2D eigenvalue weighted by Gasteiger charge is -2.41. The second kappa shape index (κ2) is 13.3. The molecule has 2 aliphatic heterocycles. The Hall–Kier alpha value is -4.52. The maximum Gasteiger partial charge on any atom is 0.573 e. The Kier molecular flexibility index (Phi) is 9.04. The SMILES string of the molecule is CC(C)CN1CCC2(CC1)CN(c1ccccc1NC(=O)Nc1ccc(OC(F)(F)F)cc1)c1c(O)ccc(-c3nc4cc(Cl)ccc4s3)c12. The number of phenolic OH excluding ortho intramolecular Hbond substituents is 1. The number of nitrogens with one attached hydrogen (secondary N) is 2. The summed E-state index contributed by atoms with van der Waals surface area (Å²) >= 11 is 7.90. The van der Waals surface area contributed by atoms with E-state index in [9.17, 15) is 23.1 Å². The van der Waals surface area contributed by atoms with Crippen molar-refractivity contribution < 1.29 is 27.8 Å². The first kappa shape index (κ1) is 34.0. The van der Waals surface area contributed by atoms with Crippen LogP contribution in [0.5, 0.6) is 11.5 Å². The number of ether oxygens (including phenoxy) is 1. The maximum atomic E-state index is 13.2. The van der Waals surface area contributed by atoms with Gasteiger partial charge in [-0.05, 0) is 104 Å². The number of rotatable bonds is 7. The van der Waals surface area contributed by atoms with E-state index >= 15 is 0 Å². The van der Waals surface area contributed by atoms with Crippen LogP contribution in [-0.4, -0.2) is 53.6 Å². The number of aromatic hydroxyl groups is 1. The topological polar surface area (TPSA) is 90.0 Å². The van der Waals surface area contributed by atoms with E-state index in [1.165, 1.54) is 12.1 Å². The Labute approximate surface area is 296 Å². The van der Waals surface area contributed by atoms with Gasteiger partial charge < -0.3 is 30.3 Å². The van der Waals surface area contributed by atoms with E-state index in [2.05, 4.69) is 39.0 Å². The van der Waals surface area contributed by atoms with Gasteiger partial charge in [0.1, 0.15) is 16.5 Å². The fourth-order valence-electron chi connectivity index (χ4n) is 7.18. The number of likely N-dealkylation sites (tertiary alicyclic amines) is 1. The second-order valence-corrected chi connectivity index (χ2v) is 14.7. The molecular formula is C37H35ClF3N5O3S. The number of anilines is 4. The average molecular weight is 722 g/mol. The molecule has 5 aromatic rings. The quantitative estimate of drug-likeness (QED) is 0.155. The molecule has 8 nitrogen and oxygen atoms in total. The number of hydrogen-bond donors (Lipinski definition) is 3. The average Bonchev–Trinajstić information content (AvgIpc) is 3.62. The molecule has 2 amide bonds. The zero-order valence-corrected chi connectivity index (χ0v) is 28.9. The smallest absolute Gasteiger partial charge is 0.506 e. The van der Waals surface area contributed by atoms with E-state index < -0.39 is 12.4 Å². The van der Waals surface area contributed by atoms with Gasteiger partial charge in [-0.3, -0.25) is 0 Å². The number of halogens is 4. The molecule has 0 radical (unpaired) electrons. The number of benzene rings is 4. The van der Waals surface area contributed by atoms with Crippen molar-refractivity contribution in [3.63, 3.8) is 0 Å². The van der Waals surface area contributed by atoms with E-state index in [0.717, 1.165) is 71.0 Å². The molecule has 50 heavy (non-hydrogen) atoms. The van der Waals surface area contributed by atoms with Crippen LogP contribution in [0.4, 0.5) is 40.7 Å². The summed E-state index contributed by atoms with van der Waals surface area (Å²) in [5.74, 6) is 0.287. The standard InChI is InChI=1S/C37H35ClF3N5O3S/c1-22(2)20-45-17-15-36(16-18-45)21-46(33-30(47)13-12-26(32(33)36)34-43-28-19-23(38)7-14-31(28)50-34)29-6-4-3-5-27(29)44-35(48)42-24-8-10-25(11-9-24)49-37(39,40)41/h3-14,19,22,47H,15-18,20-21H2,1-2H3,(H2,42,44,48). The molecule has 1 fully saturated rings. The monoisotopic (exact) mass is 721 g/mol. The molecule has 260 valence electrons. The number of hydrogen-bond acceptors (Lipinski definition) is 7. The summed E-state index contributed by atoms with van der Waals surface area (Å²) in [6.45, 7) is 7.86. The predicted octanol–water partition coefficient (Wildman–Crippen LogP) is 10.0. The number of fused-ring (bicyclic) bond motifs is 3. The molecule has 0 aliphatic carbocycles. The number of thiazole rings is 1. The van der Waals surface area contributed by atoms with Gasteiger partial charge in [0.05, 0.1) is 27.3 Å². The minimum Gasteiger partial charge on any atom is -0.506 e. The zero-order chi connectivity index (χ0) is 35.2. The molecule has 3 heterocycles. The van der Waals surface area contributed by atoms with E-state index in [4.69, 9.17) is 16.6 Å². The number of para-hydroxylation sites is 2. The molecule has 0 atom stereocenters. The molecular weight excluding hydrogens is 687 g/mol. The lowest BCUT2D eigenvalue weighted by atomic mass is 9.72. The van der Waals surface area contributed by atoms with Gasteiger partial charge in [-0.1, -0.05) is 37.6 Å². The summed E-state index contributed by atoms with van der Waals surface area (Å²) < 4.78 is 42.7. The van der Waals surface area contributed by atoms with Crippen molar-refractivity contribution >= 4 is 61.9 Å². The molecule has 7 rings (SSSR count). The van der Waals surface area contributed by atoms with Crippen molar-refractivity contribution in [2.75, 3.05) is 41.7 Å². The van der Waals surface area contributed by atoms with E-state index in [1.807, 2.05) is 42.5 Å². The van der Waals surface area contributed by atoms with E-state index in [-0.39, 0.29) is 22.6 Å². The highest BCUT2D eigenvalue weighted by atomic mass is 35.5. The number of aromatic nitrogens is 1. The van der Waals surface area contributed by atoms with Crippen LogP contribution < -0.4 is 20.3 Å². The number of alkyl halides is 3. The summed E-state index contributed by atoms with van der Waals surface area (Å²) in [5, 5.41) is 18.6. The minimum atomic E-state index is -4.81. The van der Waals surface area contributed by atoms with E-state index in [1.54, 1.807) is 23.5 Å². The van der Waals surface area contributed by atoms with Gasteiger partial charge in [0.25, 0.3) is 0 Å². The Morgan fingerprint density at radius 1 is 1.04 bits per heavy atom. The van der Waals surface area contributed by atoms with Crippen LogP contribution in [0.2, 0.25) is 5.02 Å². The van der Waals surface area contributed by atoms with Crippen LogP contribution in [-0.2, 0) is 5.41 Å². The molecule has 13 heteroatoms. The lowest BCUT2D eigenvalue weighted by molar-refractivity contribution is -0.274. The van der Waals surface area contributed by atoms with Crippen molar-refractivity contribution in [1.82, 2.24) is 9.88 Å². The molecule has 0 unspecified atom stereocenters. The van der Waals surface area contributed by atoms with Crippen LogP contribution in [0.3, 0.4) is 0 Å². The molecule has 3 N–H and O–H groups in total. The summed E-state index contributed by atoms with van der Waals surface area (Å²) in [4.78, 5) is 22.8. The number of urea groups is 1. The first-order chi connectivity index (χ1) is 23.9. The highest BCUT2D eigenvalue weighted by Gasteiger charge is 2.48. The summed E-state index contributed by atoms with van der Waals surface area (Å²) in [6.07, 6.45) is -3.06. The van der Waals surface area contributed by atoms with Crippen molar-refractivity contribution in [2.45, 2.75) is 38.5 Å². The van der Waals surface area contributed by atoms with Gasteiger partial charge in [0.2, 0.25) is 0 Å². The summed E-state index contributed by atoms with van der Waals surface area (Å²) in [7, 11) is 0. The molecule has 2 aliphatic rings. The van der Waals surface area contributed by atoms with Crippen LogP contribution >= 0.6 is 22.9 Å². The summed E-state index contributed by atoms with van der Waals surface area (Å²) in [6, 6.07) is 21.1.